The second-order valence-electron chi connectivity index (χ2n) is 4.88. The van der Waals surface area contributed by atoms with Crippen molar-refractivity contribution in [3.63, 3.8) is 0 Å². The summed E-state index contributed by atoms with van der Waals surface area (Å²) in [6.07, 6.45) is 8.09. The Hall–Kier alpha value is -0.980. The van der Waals surface area contributed by atoms with Crippen LogP contribution in [-0.2, 0) is 19.3 Å². The van der Waals surface area contributed by atoms with E-state index in [9.17, 15) is 5.11 Å². The number of hydrogen-bond acceptors (Lipinski definition) is 1. The molecule has 1 heteroatoms. The van der Waals surface area contributed by atoms with Crippen LogP contribution in [0.4, 0.5) is 0 Å². The van der Waals surface area contributed by atoms with E-state index >= 15 is 0 Å². The van der Waals surface area contributed by atoms with Crippen molar-refractivity contribution in [2.45, 2.75) is 58.8 Å². The minimum absolute atomic E-state index is 0.606. The smallest absolute Gasteiger partial charge is 0.122 e. The molecule has 16 heavy (non-hydrogen) atoms. The molecule has 0 aromatic heterocycles. The van der Waals surface area contributed by atoms with Gasteiger partial charge in [0, 0.05) is 6.42 Å². The van der Waals surface area contributed by atoms with Crippen molar-refractivity contribution in [1.29, 1.82) is 0 Å². The highest BCUT2D eigenvalue weighted by Gasteiger charge is 2.23. The molecule has 0 radical (unpaired) electrons. The largest absolute Gasteiger partial charge is 0.507 e. The maximum Gasteiger partial charge on any atom is 0.122 e. The molecular weight excluding hydrogens is 196 g/mol. The van der Waals surface area contributed by atoms with Crippen LogP contribution in [0.2, 0.25) is 0 Å². The number of phenolic OH excluding ortho intramolecular Hbond substituents is 1. The quantitative estimate of drug-likeness (QED) is 0.777. The maximum absolute atomic E-state index is 10.1. The van der Waals surface area contributed by atoms with Crippen LogP contribution in [0.1, 0.15) is 61.8 Å². The third-order valence-corrected chi connectivity index (χ3v) is 3.63. The summed E-state index contributed by atoms with van der Waals surface area (Å²) in [6.45, 7) is 4.44. The van der Waals surface area contributed by atoms with Gasteiger partial charge in [0.05, 0.1) is 0 Å². The normalized spacial score (nSPS) is 12.6. The van der Waals surface area contributed by atoms with Gasteiger partial charge in [-0.3, -0.25) is 0 Å². The van der Waals surface area contributed by atoms with Crippen LogP contribution in [0, 0.1) is 0 Å². The molecule has 0 spiro atoms. The first-order chi connectivity index (χ1) is 7.77. The van der Waals surface area contributed by atoms with Crippen LogP contribution in [0.15, 0.2) is 6.07 Å². The minimum Gasteiger partial charge on any atom is -0.507 e. The van der Waals surface area contributed by atoms with Gasteiger partial charge >= 0.3 is 0 Å². The lowest BCUT2D eigenvalue weighted by molar-refractivity contribution is 0.454. The van der Waals surface area contributed by atoms with Gasteiger partial charge in [0.2, 0.25) is 0 Å². The summed E-state index contributed by atoms with van der Waals surface area (Å²) in [5.41, 5.74) is 5.38. The average molecular weight is 218 g/mol. The monoisotopic (exact) mass is 218 g/mol. The van der Waals surface area contributed by atoms with Gasteiger partial charge in [-0.1, -0.05) is 32.8 Å². The van der Waals surface area contributed by atoms with E-state index in [-0.39, 0.29) is 0 Å². The lowest BCUT2D eigenvalue weighted by atomic mass is 9.80. The topological polar surface area (TPSA) is 20.2 Å². The van der Waals surface area contributed by atoms with Crippen molar-refractivity contribution in [1.82, 2.24) is 0 Å². The Labute approximate surface area is 98.5 Å². The Morgan fingerprint density at radius 3 is 2.12 bits per heavy atom. The van der Waals surface area contributed by atoms with Crippen molar-refractivity contribution in [2.24, 2.45) is 0 Å². The van der Waals surface area contributed by atoms with E-state index in [1.807, 2.05) is 0 Å². The molecule has 0 saturated carbocycles. The molecule has 1 nitrogen and oxygen atoms in total. The fourth-order valence-electron chi connectivity index (χ4n) is 2.55. The summed E-state index contributed by atoms with van der Waals surface area (Å²) in [7, 11) is 0. The first-order valence-corrected chi connectivity index (χ1v) is 6.63. The lowest BCUT2D eigenvalue weighted by Gasteiger charge is -2.26. The highest BCUT2D eigenvalue weighted by atomic mass is 16.3. The van der Waals surface area contributed by atoms with Crippen LogP contribution in [-0.4, -0.2) is 5.11 Å². The van der Waals surface area contributed by atoms with Crippen molar-refractivity contribution >= 4 is 0 Å². The van der Waals surface area contributed by atoms with E-state index in [2.05, 4.69) is 19.9 Å². The zero-order chi connectivity index (χ0) is 11.5. The van der Waals surface area contributed by atoms with Gasteiger partial charge in [-0.05, 0) is 47.9 Å². The van der Waals surface area contributed by atoms with Crippen LogP contribution in [0.25, 0.3) is 0 Å². The molecule has 2 aliphatic rings. The molecule has 3 rings (SSSR count). The predicted octanol–water partition coefficient (Wildman–Crippen LogP) is 3.98. The molecule has 1 N–H and O–H groups in total. The van der Waals surface area contributed by atoms with E-state index < -0.39 is 0 Å². The molecule has 0 aliphatic heterocycles. The Morgan fingerprint density at radius 2 is 1.56 bits per heavy atom. The molecule has 0 amide bonds. The third-order valence-electron chi connectivity index (χ3n) is 3.63. The fourth-order valence-corrected chi connectivity index (χ4v) is 2.55. The lowest BCUT2D eigenvalue weighted by Crippen LogP contribution is -2.12. The van der Waals surface area contributed by atoms with E-state index in [1.54, 1.807) is 0 Å². The number of unbranched alkanes of at least 4 members (excludes halogenated alkanes) is 2. The zero-order valence-electron chi connectivity index (χ0n) is 10.5. The van der Waals surface area contributed by atoms with Crippen LogP contribution < -0.4 is 0 Å². The first kappa shape index (κ1) is 11.5. The van der Waals surface area contributed by atoms with Crippen LogP contribution in [0.5, 0.6) is 5.75 Å². The molecule has 1 aromatic carbocycles. The average Bonchev–Trinajstić information content (AvgIpc) is 2.22. The number of benzene rings is 1. The molecule has 2 aliphatic carbocycles. The second-order valence-corrected chi connectivity index (χ2v) is 4.88. The maximum atomic E-state index is 10.1. The number of rotatable bonds is 6. The molecule has 1 aromatic rings. The molecular formula is C15H22O. The van der Waals surface area contributed by atoms with Gasteiger partial charge in [-0.25, -0.2) is 0 Å². The highest BCUT2D eigenvalue weighted by Crippen LogP contribution is 2.40. The van der Waals surface area contributed by atoms with Gasteiger partial charge in [-0.2, -0.15) is 0 Å². The van der Waals surface area contributed by atoms with Gasteiger partial charge in [0.25, 0.3) is 0 Å². The molecule has 0 atom stereocenters. The molecule has 0 unspecified atom stereocenters. The molecule has 88 valence electrons. The Bertz CT molecular complexity index is 371. The number of fused-ring (bicyclic) bond motifs is 2. The van der Waals surface area contributed by atoms with Gasteiger partial charge in [0.1, 0.15) is 5.75 Å². The summed E-state index contributed by atoms with van der Waals surface area (Å²) in [5.74, 6) is 0.606. The van der Waals surface area contributed by atoms with Crippen LogP contribution >= 0.6 is 0 Å². The Kier molecular flexibility index (Phi) is 3.52. The summed E-state index contributed by atoms with van der Waals surface area (Å²) < 4.78 is 0. The summed E-state index contributed by atoms with van der Waals surface area (Å²) >= 11 is 0. The zero-order valence-corrected chi connectivity index (χ0v) is 10.5. The number of phenols is 1. The number of aromatic hydroxyl groups is 1. The minimum atomic E-state index is 0.606. The molecule has 2 bridgehead atoms. The molecule has 0 fully saturated rings. The van der Waals surface area contributed by atoms with E-state index in [0.29, 0.717) is 5.75 Å². The summed E-state index contributed by atoms with van der Waals surface area (Å²) in [5, 5.41) is 10.1. The highest BCUT2D eigenvalue weighted by molar-refractivity contribution is 5.58. The molecule has 0 saturated heterocycles. The van der Waals surface area contributed by atoms with Crippen molar-refractivity contribution < 1.29 is 5.11 Å². The number of hydrogen-bond donors (Lipinski definition) is 1. The van der Waals surface area contributed by atoms with Gasteiger partial charge in [0.15, 0.2) is 0 Å². The van der Waals surface area contributed by atoms with Gasteiger partial charge in [-0.15, -0.1) is 0 Å². The van der Waals surface area contributed by atoms with Crippen molar-refractivity contribution in [3.8, 4) is 5.75 Å². The first-order valence-electron chi connectivity index (χ1n) is 6.63. The summed E-state index contributed by atoms with van der Waals surface area (Å²) in [6, 6.07) is 2.18. The van der Waals surface area contributed by atoms with E-state index in [1.165, 1.54) is 47.9 Å². The van der Waals surface area contributed by atoms with Gasteiger partial charge < -0.3 is 5.11 Å². The predicted molar refractivity (Wildman–Crippen MR) is 68.1 cm³/mol. The van der Waals surface area contributed by atoms with E-state index in [0.717, 1.165) is 19.3 Å². The van der Waals surface area contributed by atoms with E-state index in [4.69, 9.17) is 0 Å². The van der Waals surface area contributed by atoms with Crippen molar-refractivity contribution in [2.75, 3.05) is 0 Å². The fraction of sp³-hybridized carbons (Fsp3) is 0.600. The molecule has 0 heterocycles. The van der Waals surface area contributed by atoms with Crippen LogP contribution in [0.3, 0.4) is 0 Å². The second kappa shape index (κ2) is 4.90. The Balaban J connectivity index is 2.23. The summed E-state index contributed by atoms with van der Waals surface area (Å²) in [4.78, 5) is 0. The standard InChI is InChI=1S/C15H22O/c1-3-5-7-13-11-9-12(10-11)15(16)14(13)8-6-4-2/h9,16H,3-8,10H2,1-2H3. The third kappa shape index (κ3) is 1.95. The Morgan fingerprint density at radius 1 is 1.00 bits per heavy atom. The SMILES string of the molecule is CCCCc1c2cc(c(O)c1CCCC)C2. The van der Waals surface area contributed by atoms with Crippen molar-refractivity contribution in [3.05, 3.63) is 28.3 Å².